The predicted octanol–water partition coefficient (Wildman–Crippen LogP) is 2.41. The highest BCUT2D eigenvalue weighted by Crippen LogP contribution is 2.25. The molecule has 0 unspecified atom stereocenters. The zero-order valence-electron chi connectivity index (χ0n) is 8.95. The zero-order valence-corrected chi connectivity index (χ0v) is 8.95. The average Bonchev–Trinajstić information content (AvgIpc) is 2.67. The number of imidazole rings is 1. The molecule has 1 aliphatic rings. The molecule has 3 heteroatoms. The van der Waals surface area contributed by atoms with Crippen LogP contribution in [0.3, 0.4) is 0 Å². The van der Waals surface area contributed by atoms with Gasteiger partial charge in [0.05, 0.1) is 11.0 Å². The normalized spacial score (nSPS) is 15.0. The molecular formula is C12H15N3. The first-order chi connectivity index (χ1) is 7.40. The van der Waals surface area contributed by atoms with Gasteiger partial charge in [-0.1, -0.05) is 19.1 Å². The molecule has 0 aliphatic carbocycles. The van der Waals surface area contributed by atoms with Crippen molar-refractivity contribution in [1.29, 1.82) is 0 Å². The van der Waals surface area contributed by atoms with Gasteiger partial charge in [-0.3, -0.25) is 0 Å². The van der Waals surface area contributed by atoms with Crippen molar-refractivity contribution in [3.63, 3.8) is 0 Å². The summed E-state index contributed by atoms with van der Waals surface area (Å²) in [5, 5.41) is 3.36. The summed E-state index contributed by atoms with van der Waals surface area (Å²) in [6.07, 6.45) is 2.24. The first-order valence-corrected chi connectivity index (χ1v) is 5.62. The number of anilines is 1. The minimum Gasteiger partial charge on any atom is -0.356 e. The lowest BCUT2D eigenvalue weighted by molar-refractivity contribution is 0.642. The molecule has 2 aromatic rings. The Labute approximate surface area is 89.1 Å². The third-order valence-corrected chi connectivity index (χ3v) is 3.08. The van der Waals surface area contributed by atoms with Crippen molar-refractivity contribution in [3.8, 4) is 0 Å². The molecule has 1 N–H and O–H groups in total. The molecule has 78 valence electrons. The summed E-state index contributed by atoms with van der Waals surface area (Å²) in [5.41, 5.74) is 3.79. The Bertz CT molecular complexity index is 499. The summed E-state index contributed by atoms with van der Waals surface area (Å²) in [6, 6.07) is 6.46. The van der Waals surface area contributed by atoms with E-state index in [0.29, 0.717) is 0 Å². The van der Waals surface area contributed by atoms with E-state index in [1.807, 2.05) is 0 Å². The lowest BCUT2D eigenvalue weighted by Gasteiger charge is -2.15. The zero-order chi connectivity index (χ0) is 10.3. The van der Waals surface area contributed by atoms with Crippen LogP contribution in [0.25, 0.3) is 11.0 Å². The molecule has 0 radical (unpaired) electrons. The number of nitrogens with one attached hydrogen (secondary N) is 1. The van der Waals surface area contributed by atoms with E-state index in [9.17, 15) is 0 Å². The number of fused-ring (bicyclic) bond motifs is 3. The minimum atomic E-state index is 1.04. The van der Waals surface area contributed by atoms with Crippen LogP contribution in [0.4, 0.5) is 5.95 Å². The van der Waals surface area contributed by atoms with Gasteiger partial charge in [-0.2, -0.15) is 0 Å². The van der Waals surface area contributed by atoms with Crippen molar-refractivity contribution < 1.29 is 0 Å². The molecule has 0 amide bonds. The molecule has 15 heavy (non-hydrogen) atoms. The summed E-state index contributed by atoms with van der Waals surface area (Å²) in [5.74, 6) is 1.04. The second kappa shape index (κ2) is 3.26. The van der Waals surface area contributed by atoms with Crippen LogP contribution >= 0.6 is 0 Å². The number of benzene rings is 1. The first kappa shape index (κ1) is 8.77. The van der Waals surface area contributed by atoms with E-state index in [2.05, 4.69) is 40.0 Å². The third kappa shape index (κ3) is 1.23. The maximum Gasteiger partial charge on any atom is 0.203 e. The summed E-state index contributed by atoms with van der Waals surface area (Å²) in [6.45, 7) is 4.32. The Morgan fingerprint density at radius 2 is 2.40 bits per heavy atom. The van der Waals surface area contributed by atoms with Crippen molar-refractivity contribution in [1.82, 2.24) is 9.55 Å². The quantitative estimate of drug-likeness (QED) is 0.768. The molecule has 0 atom stereocenters. The van der Waals surface area contributed by atoms with Crippen molar-refractivity contribution in [3.05, 3.63) is 23.8 Å². The minimum absolute atomic E-state index is 1.04. The van der Waals surface area contributed by atoms with Crippen LogP contribution in [0.1, 0.15) is 18.9 Å². The highest BCUT2D eigenvalue weighted by atomic mass is 15.2. The SMILES string of the molecule is CCc1cccc2c1nc1n2CCCN1. The molecule has 0 saturated heterocycles. The Kier molecular flexibility index (Phi) is 1.91. The monoisotopic (exact) mass is 201 g/mol. The van der Waals surface area contributed by atoms with E-state index in [-0.39, 0.29) is 0 Å². The van der Waals surface area contributed by atoms with Crippen LogP contribution in [-0.2, 0) is 13.0 Å². The van der Waals surface area contributed by atoms with Crippen LogP contribution in [-0.4, -0.2) is 16.1 Å². The standard InChI is InChI=1S/C12H15N3/c1-2-9-5-3-6-10-11(9)14-12-13-7-4-8-15(10)12/h3,5-6H,2,4,7-8H2,1H3,(H,13,14). The van der Waals surface area contributed by atoms with Crippen LogP contribution in [0.5, 0.6) is 0 Å². The fourth-order valence-corrected chi connectivity index (χ4v) is 2.29. The van der Waals surface area contributed by atoms with E-state index in [0.717, 1.165) is 25.5 Å². The second-order valence-electron chi connectivity index (χ2n) is 4.01. The van der Waals surface area contributed by atoms with Crippen molar-refractivity contribution in [2.75, 3.05) is 11.9 Å². The summed E-state index contributed by atoms with van der Waals surface area (Å²) >= 11 is 0. The van der Waals surface area contributed by atoms with Gasteiger partial charge in [0, 0.05) is 13.1 Å². The van der Waals surface area contributed by atoms with Crippen LogP contribution in [0.2, 0.25) is 0 Å². The highest BCUT2D eigenvalue weighted by molar-refractivity contribution is 5.82. The molecule has 0 bridgehead atoms. The van der Waals surface area contributed by atoms with Gasteiger partial charge in [0.2, 0.25) is 5.95 Å². The van der Waals surface area contributed by atoms with Crippen molar-refractivity contribution in [2.24, 2.45) is 0 Å². The first-order valence-electron chi connectivity index (χ1n) is 5.62. The van der Waals surface area contributed by atoms with Gasteiger partial charge in [0.1, 0.15) is 0 Å². The summed E-state index contributed by atoms with van der Waals surface area (Å²) < 4.78 is 2.29. The van der Waals surface area contributed by atoms with Gasteiger partial charge in [0.25, 0.3) is 0 Å². The van der Waals surface area contributed by atoms with Gasteiger partial charge in [-0.25, -0.2) is 4.98 Å². The average molecular weight is 201 g/mol. The number of rotatable bonds is 1. The molecule has 0 saturated carbocycles. The third-order valence-electron chi connectivity index (χ3n) is 3.08. The number of para-hydroxylation sites is 1. The lowest BCUT2D eigenvalue weighted by atomic mass is 10.1. The highest BCUT2D eigenvalue weighted by Gasteiger charge is 2.14. The predicted molar refractivity (Wildman–Crippen MR) is 62.2 cm³/mol. The Hall–Kier alpha value is -1.51. The van der Waals surface area contributed by atoms with E-state index in [1.165, 1.54) is 23.0 Å². The van der Waals surface area contributed by atoms with Crippen molar-refractivity contribution >= 4 is 17.0 Å². The number of hydrogen-bond donors (Lipinski definition) is 1. The number of aryl methyl sites for hydroxylation is 2. The van der Waals surface area contributed by atoms with Gasteiger partial charge in [-0.05, 0) is 24.5 Å². The van der Waals surface area contributed by atoms with Crippen molar-refractivity contribution in [2.45, 2.75) is 26.3 Å². The van der Waals surface area contributed by atoms with Gasteiger partial charge >= 0.3 is 0 Å². The van der Waals surface area contributed by atoms with E-state index in [4.69, 9.17) is 0 Å². The smallest absolute Gasteiger partial charge is 0.203 e. The molecule has 0 fully saturated rings. The fourth-order valence-electron chi connectivity index (χ4n) is 2.29. The Morgan fingerprint density at radius 1 is 1.47 bits per heavy atom. The Morgan fingerprint density at radius 3 is 3.27 bits per heavy atom. The topological polar surface area (TPSA) is 29.9 Å². The van der Waals surface area contributed by atoms with Gasteiger partial charge < -0.3 is 9.88 Å². The van der Waals surface area contributed by atoms with Gasteiger partial charge in [-0.15, -0.1) is 0 Å². The maximum atomic E-state index is 4.68. The van der Waals surface area contributed by atoms with E-state index < -0.39 is 0 Å². The number of aromatic nitrogens is 2. The maximum absolute atomic E-state index is 4.68. The molecule has 3 nitrogen and oxygen atoms in total. The molecule has 2 heterocycles. The lowest BCUT2D eigenvalue weighted by Crippen LogP contribution is -2.16. The Balaban J connectivity index is 2.31. The molecule has 1 aromatic carbocycles. The van der Waals surface area contributed by atoms with E-state index >= 15 is 0 Å². The van der Waals surface area contributed by atoms with Crippen LogP contribution in [0.15, 0.2) is 18.2 Å². The largest absolute Gasteiger partial charge is 0.356 e. The molecule has 3 rings (SSSR count). The van der Waals surface area contributed by atoms with Crippen LogP contribution < -0.4 is 5.32 Å². The summed E-state index contributed by atoms with van der Waals surface area (Å²) in [4.78, 5) is 4.68. The molecular weight excluding hydrogens is 186 g/mol. The van der Waals surface area contributed by atoms with Crippen LogP contribution in [0, 0.1) is 0 Å². The number of hydrogen-bond acceptors (Lipinski definition) is 2. The van der Waals surface area contributed by atoms with E-state index in [1.54, 1.807) is 0 Å². The number of nitrogens with zero attached hydrogens (tertiary/aromatic N) is 2. The van der Waals surface area contributed by atoms with Gasteiger partial charge in [0.15, 0.2) is 0 Å². The molecule has 1 aliphatic heterocycles. The summed E-state index contributed by atoms with van der Waals surface area (Å²) in [7, 11) is 0. The molecule has 1 aromatic heterocycles. The molecule has 0 spiro atoms. The fraction of sp³-hybridized carbons (Fsp3) is 0.417. The second-order valence-corrected chi connectivity index (χ2v) is 4.01.